The van der Waals surface area contributed by atoms with E-state index in [1.54, 1.807) is 4.90 Å². The van der Waals surface area contributed by atoms with Crippen molar-refractivity contribution in [3.8, 4) is 0 Å². The highest BCUT2D eigenvalue weighted by atomic mass is 19.1. The van der Waals surface area contributed by atoms with Gasteiger partial charge in [0.2, 0.25) is 11.8 Å². The molecule has 1 aliphatic heterocycles. The Bertz CT molecular complexity index is 679. The predicted molar refractivity (Wildman–Crippen MR) is 89.7 cm³/mol. The number of carboxylic acids is 1. The number of carbonyl (C=O) groups excluding carboxylic acids is 3. The lowest BCUT2D eigenvalue weighted by Crippen LogP contribution is -2.44. The lowest BCUT2D eigenvalue weighted by atomic mass is 10.0. The summed E-state index contributed by atoms with van der Waals surface area (Å²) in [6.07, 6.45) is -0.340. The molecule has 1 fully saturated rings. The van der Waals surface area contributed by atoms with Crippen molar-refractivity contribution in [2.75, 3.05) is 13.2 Å². The fraction of sp³-hybridized carbons (Fsp3) is 0.444. The van der Waals surface area contributed by atoms with Crippen molar-refractivity contribution < 1.29 is 28.7 Å². The van der Waals surface area contributed by atoms with E-state index in [0.29, 0.717) is 19.5 Å². The summed E-state index contributed by atoms with van der Waals surface area (Å²) in [7, 11) is 0. The van der Waals surface area contributed by atoms with Crippen LogP contribution in [0.4, 0.5) is 4.39 Å². The van der Waals surface area contributed by atoms with Crippen LogP contribution in [-0.2, 0) is 25.7 Å². The Labute approximate surface area is 150 Å². The second-order valence-corrected chi connectivity index (χ2v) is 6.25. The van der Waals surface area contributed by atoms with E-state index < -0.39 is 42.7 Å². The zero-order chi connectivity index (χ0) is 19.1. The molecule has 0 radical (unpaired) electrons. The number of hydrogen-bond donors (Lipinski definition) is 2. The van der Waals surface area contributed by atoms with Gasteiger partial charge in [-0.15, -0.1) is 0 Å². The van der Waals surface area contributed by atoms with E-state index in [1.807, 2.05) is 30.3 Å². The van der Waals surface area contributed by atoms with Crippen molar-refractivity contribution in [3.05, 3.63) is 35.9 Å². The van der Waals surface area contributed by atoms with Gasteiger partial charge in [-0.05, 0) is 12.0 Å². The Balaban J connectivity index is 1.89. The highest BCUT2D eigenvalue weighted by Gasteiger charge is 2.34. The molecule has 8 heteroatoms. The van der Waals surface area contributed by atoms with Crippen LogP contribution in [0.1, 0.15) is 24.8 Å². The van der Waals surface area contributed by atoms with Crippen LogP contribution in [0.15, 0.2) is 30.3 Å². The van der Waals surface area contributed by atoms with Gasteiger partial charge in [-0.2, -0.15) is 0 Å². The van der Waals surface area contributed by atoms with Crippen LogP contribution >= 0.6 is 0 Å². The number of nitrogens with one attached hydrogen (secondary N) is 1. The Kier molecular flexibility index (Phi) is 6.82. The van der Waals surface area contributed by atoms with Crippen molar-refractivity contribution in [2.24, 2.45) is 5.92 Å². The first-order valence-electron chi connectivity index (χ1n) is 8.33. The fourth-order valence-corrected chi connectivity index (χ4v) is 2.94. The average molecular weight is 364 g/mol. The number of halogens is 1. The maximum Gasteiger partial charge on any atom is 0.305 e. The maximum atomic E-state index is 12.5. The fourth-order valence-electron chi connectivity index (χ4n) is 2.94. The Morgan fingerprint density at radius 3 is 2.58 bits per heavy atom. The number of carboxylic acid groups (broad SMARTS) is 1. The van der Waals surface area contributed by atoms with Crippen molar-refractivity contribution in [1.82, 2.24) is 10.2 Å². The van der Waals surface area contributed by atoms with E-state index in [-0.39, 0.29) is 12.3 Å². The lowest BCUT2D eigenvalue weighted by molar-refractivity contribution is -0.141. The lowest BCUT2D eigenvalue weighted by Gasteiger charge is -2.18. The molecular formula is C18H21FN2O5. The molecule has 1 heterocycles. The zero-order valence-corrected chi connectivity index (χ0v) is 14.2. The van der Waals surface area contributed by atoms with E-state index >= 15 is 0 Å². The molecule has 2 rings (SSSR count). The second-order valence-electron chi connectivity index (χ2n) is 6.25. The van der Waals surface area contributed by atoms with Gasteiger partial charge in [0.25, 0.3) is 0 Å². The molecule has 7 nitrogen and oxygen atoms in total. The first kappa shape index (κ1) is 19.6. The van der Waals surface area contributed by atoms with E-state index in [1.165, 1.54) is 0 Å². The normalized spacial score (nSPS) is 17.8. The van der Waals surface area contributed by atoms with Crippen LogP contribution in [0.3, 0.4) is 0 Å². The van der Waals surface area contributed by atoms with Gasteiger partial charge in [0.1, 0.15) is 12.7 Å². The maximum absolute atomic E-state index is 12.5. The summed E-state index contributed by atoms with van der Waals surface area (Å²) in [4.78, 5) is 48.3. The summed E-state index contributed by atoms with van der Waals surface area (Å²) < 4.78 is 12.5. The van der Waals surface area contributed by atoms with Gasteiger partial charge >= 0.3 is 5.97 Å². The van der Waals surface area contributed by atoms with Gasteiger partial charge in [0, 0.05) is 25.4 Å². The highest BCUT2D eigenvalue weighted by molar-refractivity contribution is 5.94. The third kappa shape index (κ3) is 5.37. The third-order valence-electron chi connectivity index (χ3n) is 4.29. The summed E-state index contributed by atoms with van der Waals surface area (Å²) >= 11 is 0. The van der Waals surface area contributed by atoms with Gasteiger partial charge in [-0.3, -0.25) is 19.2 Å². The predicted octanol–water partition coefficient (Wildman–Crippen LogP) is 0.923. The standard InChI is InChI=1S/C18H21FN2O5/c19-10-15(22)14(9-17(24)25)20-16(23)8-13-6-7-21(18(13)26)11-12-4-2-1-3-5-12/h1-5,13-14H,6-11H2,(H,20,23)(H,24,25). The number of likely N-dealkylation sites (tertiary alicyclic amines) is 1. The van der Waals surface area contributed by atoms with Crippen LogP contribution < -0.4 is 5.32 Å². The number of hydrogen-bond acceptors (Lipinski definition) is 4. The molecular weight excluding hydrogens is 343 g/mol. The minimum absolute atomic E-state index is 0.153. The Hall–Kier alpha value is -2.77. The minimum Gasteiger partial charge on any atom is -0.481 e. The molecule has 1 aliphatic rings. The molecule has 2 amide bonds. The molecule has 0 saturated carbocycles. The molecule has 2 atom stereocenters. The van der Waals surface area contributed by atoms with Gasteiger partial charge in [0.05, 0.1) is 6.42 Å². The SMILES string of the molecule is O=C(O)CC(NC(=O)CC1CCN(Cc2ccccc2)C1=O)C(=O)CF. The number of Topliss-reactive ketones (excluding diaryl/α,β-unsaturated/α-hetero) is 1. The number of benzene rings is 1. The summed E-state index contributed by atoms with van der Waals surface area (Å²) in [6, 6.07) is 8.05. The van der Waals surface area contributed by atoms with Crippen molar-refractivity contribution in [3.63, 3.8) is 0 Å². The highest BCUT2D eigenvalue weighted by Crippen LogP contribution is 2.23. The molecule has 2 N–H and O–H groups in total. The molecule has 0 bridgehead atoms. The summed E-state index contributed by atoms with van der Waals surface area (Å²) in [5.41, 5.74) is 0.987. The monoisotopic (exact) mass is 364 g/mol. The van der Waals surface area contributed by atoms with Gasteiger partial charge in [-0.1, -0.05) is 30.3 Å². The quantitative estimate of drug-likeness (QED) is 0.678. The van der Waals surface area contributed by atoms with Crippen molar-refractivity contribution in [2.45, 2.75) is 31.8 Å². The number of ketones is 1. The molecule has 1 aromatic rings. The van der Waals surface area contributed by atoms with Crippen LogP contribution in [0, 0.1) is 5.92 Å². The van der Waals surface area contributed by atoms with E-state index in [4.69, 9.17) is 5.11 Å². The molecule has 1 saturated heterocycles. The molecule has 0 spiro atoms. The average Bonchev–Trinajstić information content (AvgIpc) is 2.94. The zero-order valence-electron chi connectivity index (χ0n) is 14.2. The van der Waals surface area contributed by atoms with Crippen molar-refractivity contribution >= 4 is 23.6 Å². The van der Waals surface area contributed by atoms with Crippen LogP contribution in [-0.4, -0.2) is 52.8 Å². The number of amides is 2. The number of aliphatic carboxylic acids is 1. The Morgan fingerprint density at radius 2 is 1.96 bits per heavy atom. The molecule has 1 aromatic carbocycles. The molecule has 0 aliphatic carbocycles. The minimum atomic E-state index is -1.41. The smallest absolute Gasteiger partial charge is 0.305 e. The van der Waals surface area contributed by atoms with Crippen LogP contribution in [0.2, 0.25) is 0 Å². The molecule has 140 valence electrons. The van der Waals surface area contributed by atoms with Crippen molar-refractivity contribution in [1.29, 1.82) is 0 Å². The van der Waals surface area contributed by atoms with Crippen LogP contribution in [0.25, 0.3) is 0 Å². The number of nitrogens with zero attached hydrogens (tertiary/aromatic N) is 1. The van der Waals surface area contributed by atoms with Crippen LogP contribution in [0.5, 0.6) is 0 Å². The number of rotatable bonds is 9. The third-order valence-corrected chi connectivity index (χ3v) is 4.29. The van der Waals surface area contributed by atoms with Gasteiger partial charge in [0.15, 0.2) is 5.78 Å². The summed E-state index contributed by atoms with van der Waals surface area (Å²) in [6.45, 7) is -0.376. The Morgan fingerprint density at radius 1 is 1.27 bits per heavy atom. The largest absolute Gasteiger partial charge is 0.481 e. The van der Waals surface area contributed by atoms with E-state index in [0.717, 1.165) is 5.56 Å². The number of alkyl halides is 1. The first-order valence-corrected chi connectivity index (χ1v) is 8.33. The summed E-state index contributed by atoms with van der Waals surface area (Å²) in [5, 5.41) is 11.0. The van der Waals surface area contributed by atoms with E-state index in [9.17, 15) is 23.6 Å². The van der Waals surface area contributed by atoms with Gasteiger partial charge < -0.3 is 15.3 Å². The van der Waals surface area contributed by atoms with E-state index in [2.05, 4.69) is 5.32 Å². The van der Waals surface area contributed by atoms with Gasteiger partial charge in [-0.25, -0.2) is 4.39 Å². The summed E-state index contributed by atoms with van der Waals surface area (Å²) in [5.74, 6) is -3.62. The second kappa shape index (κ2) is 9.07. The first-order chi connectivity index (χ1) is 12.4. The number of carbonyl (C=O) groups is 4. The molecule has 2 unspecified atom stereocenters. The topological polar surface area (TPSA) is 104 Å². The molecule has 0 aromatic heterocycles. The molecule has 26 heavy (non-hydrogen) atoms.